The van der Waals surface area contributed by atoms with E-state index in [1.165, 1.54) is 12.1 Å². The minimum Gasteiger partial charge on any atom is -0.479 e. The maximum absolute atomic E-state index is 13.6. The monoisotopic (exact) mass is 374 g/mol. The average Bonchev–Trinajstić information content (AvgIpc) is 3.05. The fourth-order valence-electron chi connectivity index (χ4n) is 3.65. The van der Waals surface area contributed by atoms with E-state index in [0.717, 1.165) is 11.1 Å². The highest BCUT2D eigenvalue weighted by Crippen LogP contribution is 2.44. The Bertz CT molecular complexity index is 1020. The third-order valence-corrected chi connectivity index (χ3v) is 5.04. The molecule has 0 fully saturated rings. The van der Waals surface area contributed by atoms with E-state index < -0.39 is 17.6 Å². The second kappa shape index (κ2) is 6.93. The summed E-state index contributed by atoms with van der Waals surface area (Å²) in [7, 11) is 0. The van der Waals surface area contributed by atoms with Crippen molar-refractivity contribution in [2.45, 2.75) is 18.5 Å². The lowest BCUT2D eigenvalue weighted by atomic mass is 9.87. The molecule has 4 rings (SSSR count). The molecule has 28 heavy (non-hydrogen) atoms. The van der Waals surface area contributed by atoms with E-state index in [1.807, 2.05) is 65.6 Å². The van der Waals surface area contributed by atoms with Gasteiger partial charge in [0.25, 0.3) is 0 Å². The van der Waals surface area contributed by atoms with Crippen molar-refractivity contribution in [2.24, 2.45) is 4.99 Å². The second-order valence-electron chi connectivity index (χ2n) is 6.91. The normalized spacial score (nSPS) is 21.4. The van der Waals surface area contributed by atoms with Crippen LogP contribution in [0.4, 0.5) is 10.1 Å². The van der Waals surface area contributed by atoms with E-state index in [1.54, 1.807) is 19.1 Å². The molecule has 2 atom stereocenters. The first-order valence-corrected chi connectivity index (χ1v) is 8.99. The van der Waals surface area contributed by atoms with E-state index in [9.17, 15) is 14.3 Å². The zero-order chi connectivity index (χ0) is 19.7. The number of carboxylic acid groups (broad SMARTS) is 1. The highest BCUT2D eigenvalue weighted by molar-refractivity contribution is 6.14. The van der Waals surface area contributed by atoms with Gasteiger partial charge in [-0.1, -0.05) is 60.7 Å². The van der Waals surface area contributed by atoms with Crippen LogP contribution in [0.25, 0.3) is 0 Å². The van der Waals surface area contributed by atoms with Gasteiger partial charge in [-0.3, -0.25) is 0 Å². The van der Waals surface area contributed by atoms with Crippen LogP contribution in [-0.4, -0.2) is 22.5 Å². The Morgan fingerprint density at radius 1 is 0.964 bits per heavy atom. The highest BCUT2D eigenvalue weighted by atomic mass is 19.1. The number of halogens is 1. The van der Waals surface area contributed by atoms with Crippen LogP contribution >= 0.6 is 0 Å². The van der Waals surface area contributed by atoms with E-state index in [2.05, 4.69) is 4.99 Å². The lowest BCUT2D eigenvalue weighted by molar-refractivity contribution is -0.143. The van der Waals surface area contributed by atoms with Crippen LogP contribution in [-0.2, 0) is 4.79 Å². The fourth-order valence-corrected chi connectivity index (χ4v) is 3.65. The molecule has 0 radical (unpaired) electrons. The summed E-state index contributed by atoms with van der Waals surface area (Å²) in [5.74, 6) is -0.816. The molecule has 0 amide bonds. The van der Waals surface area contributed by atoms with Gasteiger partial charge >= 0.3 is 5.97 Å². The van der Waals surface area contributed by atoms with Gasteiger partial charge in [-0.15, -0.1) is 0 Å². The Hall–Kier alpha value is -3.47. The Kier molecular flexibility index (Phi) is 4.43. The predicted octanol–water partition coefficient (Wildman–Crippen LogP) is 4.68. The molecule has 0 aliphatic carbocycles. The molecule has 1 unspecified atom stereocenters. The van der Waals surface area contributed by atoms with Gasteiger partial charge in [0.2, 0.25) is 0 Å². The van der Waals surface area contributed by atoms with Crippen molar-refractivity contribution in [2.75, 3.05) is 4.90 Å². The largest absolute Gasteiger partial charge is 0.479 e. The number of carbonyl (C=O) groups is 1. The van der Waals surface area contributed by atoms with E-state index in [-0.39, 0.29) is 5.82 Å². The van der Waals surface area contributed by atoms with Crippen LogP contribution in [0.1, 0.15) is 24.1 Å². The molecule has 1 aliphatic rings. The number of aliphatic imine (C=N–C) groups is 1. The predicted molar refractivity (Wildman–Crippen MR) is 107 cm³/mol. The van der Waals surface area contributed by atoms with Gasteiger partial charge in [-0.2, -0.15) is 0 Å². The molecule has 0 saturated carbocycles. The molecular formula is C23H19FN2O2. The van der Waals surface area contributed by atoms with Crippen molar-refractivity contribution in [1.29, 1.82) is 0 Å². The summed E-state index contributed by atoms with van der Waals surface area (Å²) >= 11 is 0. The molecular weight excluding hydrogens is 355 g/mol. The SMILES string of the molecule is C[C@]1(C(=O)O)N=C(c2ccccc2)N(c2ccc(F)cc2)C1c1ccccc1. The van der Waals surface area contributed by atoms with E-state index in [0.29, 0.717) is 11.5 Å². The summed E-state index contributed by atoms with van der Waals surface area (Å²) in [6, 6.07) is 24.3. The van der Waals surface area contributed by atoms with Crippen molar-refractivity contribution in [1.82, 2.24) is 0 Å². The number of nitrogens with zero attached hydrogens (tertiary/aromatic N) is 2. The van der Waals surface area contributed by atoms with Crippen molar-refractivity contribution in [3.8, 4) is 0 Å². The molecule has 0 bridgehead atoms. The summed E-state index contributed by atoms with van der Waals surface area (Å²) in [4.78, 5) is 18.9. The number of benzene rings is 3. The quantitative estimate of drug-likeness (QED) is 0.722. The van der Waals surface area contributed by atoms with Gasteiger partial charge < -0.3 is 10.0 Å². The second-order valence-corrected chi connectivity index (χ2v) is 6.91. The fraction of sp³-hybridized carbons (Fsp3) is 0.130. The first-order chi connectivity index (χ1) is 13.5. The van der Waals surface area contributed by atoms with Crippen molar-refractivity contribution < 1.29 is 14.3 Å². The molecule has 1 heterocycles. The van der Waals surface area contributed by atoms with Gasteiger partial charge in [0.1, 0.15) is 11.7 Å². The van der Waals surface area contributed by atoms with Gasteiger partial charge in [0.15, 0.2) is 5.54 Å². The number of hydrogen-bond acceptors (Lipinski definition) is 3. The number of aliphatic carboxylic acids is 1. The molecule has 3 aromatic carbocycles. The van der Waals surface area contributed by atoms with Crippen LogP contribution in [0, 0.1) is 5.82 Å². The first-order valence-electron chi connectivity index (χ1n) is 8.99. The molecule has 3 aromatic rings. The molecule has 0 spiro atoms. The number of hydrogen-bond donors (Lipinski definition) is 1. The van der Waals surface area contributed by atoms with Crippen LogP contribution in [0.5, 0.6) is 0 Å². The van der Waals surface area contributed by atoms with Crippen LogP contribution in [0.3, 0.4) is 0 Å². The minimum absolute atomic E-state index is 0.349. The maximum Gasteiger partial charge on any atom is 0.333 e. The smallest absolute Gasteiger partial charge is 0.333 e. The third kappa shape index (κ3) is 2.95. The number of carboxylic acids is 1. The lowest BCUT2D eigenvalue weighted by Gasteiger charge is -2.34. The summed E-state index contributed by atoms with van der Waals surface area (Å²) < 4.78 is 13.6. The van der Waals surface area contributed by atoms with Crippen LogP contribution in [0.15, 0.2) is 89.9 Å². The lowest BCUT2D eigenvalue weighted by Crippen LogP contribution is -2.43. The Labute approximate surface area is 162 Å². The van der Waals surface area contributed by atoms with E-state index in [4.69, 9.17) is 0 Å². The molecule has 4 nitrogen and oxygen atoms in total. The van der Waals surface area contributed by atoms with Crippen molar-refractivity contribution in [3.05, 3.63) is 102 Å². The highest BCUT2D eigenvalue weighted by Gasteiger charge is 2.52. The summed E-state index contributed by atoms with van der Waals surface area (Å²) in [6.07, 6.45) is 0. The molecule has 5 heteroatoms. The summed E-state index contributed by atoms with van der Waals surface area (Å²) in [6.45, 7) is 1.62. The molecule has 1 N–H and O–H groups in total. The average molecular weight is 374 g/mol. The zero-order valence-electron chi connectivity index (χ0n) is 15.3. The zero-order valence-corrected chi connectivity index (χ0v) is 15.3. The van der Waals surface area contributed by atoms with E-state index >= 15 is 0 Å². The summed E-state index contributed by atoms with van der Waals surface area (Å²) in [5, 5.41) is 10.1. The van der Waals surface area contributed by atoms with Crippen molar-refractivity contribution in [3.63, 3.8) is 0 Å². The topological polar surface area (TPSA) is 52.9 Å². The van der Waals surface area contributed by atoms with Crippen molar-refractivity contribution >= 4 is 17.5 Å². The van der Waals surface area contributed by atoms with Crippen LogP contribution in [0.2, 0.25) is 0 Å². The summed E-state index contributed by atoms with van der Waals surface area (Å²) in [5.41, 5.74) is 0.910. The minimum atomic E-state index is -1.40. The molecule has 0 saturated heterocycles. The Morgan fingerprint density at radius 2 is 1.54 bits per heavy atom. The first kappa shape index (κ1) is 17.9. The molecule has 1 aliphatic heterocycles. The van der Waals surface area contributed by atoms with Gasteiger partial charge in [0.05, 0.1) is 6.04 Å². The Balaban J connectivity index is 1.96. The molecule has 140 valence electrons. The number of rotatable bonds is 4. The number of amidine groups is 1. The third-order valence-electron chi connectivity index (χ3n) is 5.04. The van der Waals surface area contributed by atoms with Crippen LogP contribution < -0.4 is 4.90 Å². The van der Waals surface area contributed by atoms with Gasteiger partial charge in [0, 0.05) is 11.3 Å². The van der Waals surface area contributed by atoms with Gasteiger partial charge in [-0.05, 0) is 36.8 Å². The standard InChI is InChI=1S/C23H19FN2O2/c1-23(22(27)28)20(16-8-4-2-5-9-16)26(19-14-12-18(24)13-15-19)21(25-23)17-10-6-3-7-11-17/h2-15,20H,1H3,(H,27,28)/t20?,23-/m0/s1. The number of anilines is 1. The Morgan fingerprint density at radius 3 is 2.11 bits per heavy atom. The maximum atomic E-state index is 13.6. The van der Waals surface area contributed by atoms with Gasteiger partial charge in [-0.25, -0.2) is 14.2 Å². The molecule has 0 aromatic heterocycles.